The van der Waals surface area contributed by atoms with Gasteiger partial charge in [-0.05, 0) is 11.6 Å². The largest absolute Gasteiger partial charge is 0.481 e. The molecular weight excluding hydrogens is 364 g/mol. The SMILES string of the molecule is O=C(O)C[C@@H](NC(=O)OCc1ccccc1)c1cc([N+](=O)[O-])ccc1Cl. The zero-order chi connectivity index (χ0) is 19.1. The van der Waals surface area contributed by atoms with Gasteiger partial charge in [0.1, 0.15) is 6.61 Å². The lowest BCUT2D eigenvalue weighted by Gasteiger charge is -2.18. The lowest BCUT2D eigenvalue weighted by Crippen LogP contribution is -2.31. The lowest BCUT2D eigenvalue weighted by atomic mass is 10.0. The van der Waals surface area contributed by atoms with Gasteiger partial charge in [-0.25, -0.2) is 4.79 Å². The topological polar surface area (TPSA) is 119 Å². The smallest absolute Gasteiger partial charge is 0.407 e. The number of aliphatic carboxylic acids is 1. The Balaban J connectivity index is 2.14. The van der Waals surface area contributed by atoms with Gasteiger partial charge in [-0.1, -0.05) is 41.9 Å². The van der Waals surface area contributed by atoms with Gasteiger partial charge in [0.15, 0.2) is 0 Å². The second-order valence-corrected chi connectivity index (χ2v) is 5.73. The van der Waals surface area contributed by atoms with Gasteiger partial charge in [0, 0.05) is 22.7 Å². The van der Waals surface area contributed by atoms with Gasteiger partial charge in [0.05, 0.1) is 17.4 Å². The average Bonchev–Trinajstić information content (AvgIpc) is 2.60. The van der Waals surface area contributed by atoms with E-state index in [1.165, 1.54) is 12.1 Å². The summed E-state index contributed by atoms with van der Waals surface area (Å²) in [6.45, 7) is -0.00483. The molecule has 0 aliphatic rings. The molecule has 0 saturated carbocycles. The Hall–Kier alpha value is -3.13. The van der Waals surface area contributed by atoms with E-state index in [-0.39, 0.29) is 22.9 Å². The number of carboxylic acid groups (broad SMARTS) is 1. The molecule has 0 bridgehead atoms. The van der Waals surface area contributed by atoms with E-state index in [1.54, 1.807) is 24.3 Å². The first-order valence-corrected chi connectivity index (χ1v) is 7.87. The zero-order valence-corrected chi connectivity index (χ0v) is 14.2. The number of carbonyl (C=O) groups is 2. The van der Waals surface area contributed by atoms with Crippen molar-refractivity contribution in [1.82, 2.24) is 5.32 Å². The number of amides is 1. The van der Waals surface area contributed by atoms with E-state index < -0.39 is 29.4 Å². The van der Waals surface area contributed by atoms with Crippen molar-refractivity contribution in [3.05, 3.63) is 74.8 Å². The lowest BCUT2D eigenvalue weighted by molar-refractivity contribution is -0.384. The summed E-state index contributed by atoms with van der Waals surface area (Å²) in [5.41, 5.74) is 0.616. The number of nitrogens with zero attached hydrogens (tertiary/aromatic N) is 1. The van der Waals surface area contributed by atoms with Crippen molar-refractivity contribution in [2.24, 2.45) is 0 Å². The van der Waals surface area contributed by atoms with Crippen LogP contribution >= 0.6 is 11.6 Å². The molecule has 8 nitrogen and oxygen atoms in total. The number of benzene rings is 2. The van der Waals surface area contributed by atoms with Crippen LogP contribution in [0, 0.1) is 10.1 Å². The summed E-state index contributed by atoms with van der Waals surface area (Å²) in [6.07, 6.45) is -1.37. The Labute approximate surface area is 153 Å². The van der Waals surface area contributed by atoms with Crippen molar-refractivity contribution in [2.75, 3.05) is 0 Å². The van der Waals surface area contributed by atoms with E-state index in [0.717, 1.165) is 11.6 Å². The predicted molar refractivity (Wildman–Crippen MR) is 92.9 cm³/mol. The van der Waals surface area contributed by atoms with Gasteiger partial charge in [0.25, 0.3) is 5.69 Å². The fraction of sp³-hybridized carbons (Fsp3) is 0.176. The van der Waals surface area contributed by atoms with Gasteiger partial charge in [-0.15, -0.1) is 0 Å². The molecule has 0 heterocycles. The van der Waals surface area contributed by atoms with Crippen molar-refractivity contribution in [2.45, 2.75) is 19.1 Å². The third-order valence-corrected chi connectivity index (χ3v) is 3.79. The van der Waals surface area contributed by atoms with Gasteiger partial charge in [0.2, 0.25) is 0 Å². The van der Waals surface area contributed by atoms with Gasteiger partial charge in [-0.2, -0.15) is 0 Å². The number of carbonyl (C=O) groups excluding carboxylic acids is 1. The van der Waals surface area contributed by atoms with Crippen LogP contribution in [-0.2, 0) is 16.1 Å². The number of non-ortho nitro benzene ring substituents is 1. The highest BCUT2D eigenvalue weighted by Crippen LogP contribution is 2.29. The molecular formula is C17H15ClN2O6. The summed E-state index contributed by atoms with van der Waals surface area (Å²) < 4.78 is 5.06. The molecule has 2 aromatic rings. The summed E-state index contributed by atoms with van der Waals surface area (Å²) in [7, 11) is 0. The monoisotopic (exact) mass is 378 g/mol. The molecule has 0 spiro atoms. The van der Waals surface area contributed by atoms with Gasteiger partial charge >= 0.3 is 12.1 Å². The van der Waals surface area contributed by atoms with Crippen LogP contribution in [0.15, 0.2) is 48.5 Å². The minimum atomic E-state index is -1.21. The first-order chi connectivity index (χ1) is 12.4. The summed E-state index contributed by atoms with van der Waals surface area (Å²) in [5, 5.41) is 22.5. The molecule has 0 fully saturated rings. The minimum absolute atomic E-state index is 0.00483. The molecule has 0 aromatic heterocycles. The Morgan fingerprint density at radius 2 is 1.92 bits per heavy atom. The fourth-order valence-electron chi connectivity index (χ4n) is 2.23. The van der Waals surface area contributed by atoms with Crippen LogP contribution in [-0.4, -0.2) is 22.1 Å². The second kappa shape index (κ2) is 8.82. The molecule has 0 saturated heterocycles. The maximum Gasteiger partial charge on any atom is 0.407 e. The number of nitro groups is 1. The van der Waals surface area contributed by atoms with Crippen LogP contribution in [0.4, 0.5) is 10.5 Å². The molecule has 1 atom stereocenters. The first kappa shape index (κ1) is 19.2. The van der Waals surface area contributed by atoms with E-state index in [9.17, 15) is 19.7 Å². The summed E-state index contributed by atoms with van der Waals surface area (Å²) >= 11 is 6.03. The predicted octanol–water partition coefficient (Wildman–Crippen LogP) is 3.69. The number of nitrogens with one attached hydrogen (secondary N) is 1. The summed E-state index contributed by atoms with van der Waals surface area (Å²) in [5.74, 6) is -1.21. The summed E-state index contributed by atoms with van der Waals surface area (Å²) in [6, 6.07) is 11.4. The molecule has 26 heavy (non-hydrogen) atoms. The quantitative estimate of drug-likeness (QED) is 0.560. The van der Waals surface area contributed by atoms with Crippen molar-refractivity contribution in [3.8, 4) is 0 Å². The molecule has 2 aromatic carbocycles. The van der Waals surface area contributed by atoms with Crippen LogP contribution in [0.1, 0.15) is 23.6 Å². The third-order valence-electron chi connectivity index (χ3n) is 3.45. The molecule has 0 unspecified atom stereocenters. The maximum atomic E-state index is 12.0. The molecule has 136 valence electrons. The van der Waals surface area contributed by atoms with Crippen molar-refractivity contribution in [3.63, 3.8) is 0 Å². The number of hydrogen-bond donors (Lipinski definition) is 2. The number of hydrogen-bond acceptors (Lipinski definition) is 5. The first-order valence-electron chi connectivity index (χ1n) is 7.49. The van der Waals surface area contributed by atoms with Crippen molar-refractivity contribution >= 4 is 29.4 Å². The van der Waals surface area contributed by atoms with E-state index in [1.807, 2.05) is 6.07 Å². The number of ether oxygens (including phenoxy) is 1. The summed E-state index contributed by atoms with van der Waals surface area (Å²) in [4.78, 5) is 33.4. The van der Waals surface area contributed by atoms with Crippen LogP contribution in [0.2, 0.25) is 5.02 Å². The van der Waals surface area contributed by atoms with Crippen molar-refractivity contribution in [1.29, 1.82) is 0 Å². The highest BCUT2D eigenvalue weighted by molar-refractivity contribution is 6.31. The minimum Gasteiger partial charge on any atom is -0.481 e. The Kier molecular flexibility index (Phi) is 6.51. The second-order valence-electron chi connectivity index (χ2n) is 5.32. The number of nitro benzene ring substituents is 1. The van der Waals surface area contributed by atoms with Gasteiger partial charge in [-0.3, -0.25) is 14.9 Å². The van der Waals surface area contributed by atoms with Gasteiger partial charge < -0.3 is 15.2 Å². The number of halogens is 1. The van der Waals surface area contributed by atoms with Crippen LogP contribution in [0.3, 0.4) is 0 Å². The molecule has 1 amide bonds. The van der Waals surface area contributed by atoms with E-state index in [4.69, 9.17) is 21.4 Å². The highest BCUT2D eigenvalue weighted by Gasteiger charge is 2.23. The number of alkyl carbamates (subject to hydrolysis) is 1. The Bertz CT molecular complexity index is 812. The maximum absolute atomic E-state index is 12.0. The molecule has 0 aliphatic heterocycles. The van der Waals surface area contributed by atoms with Crippen molar-refractivity contribution < 1.29 is 24.4 Å². The Morgan fingerprint density at radius 3 is 2.54 bits per heavy atom. The Morgan fingerprint density at radius 1 is 1.23 bits per heavy atom. The van der Waals surface area contributed by atoms with E-state index in [0.29, 0.717) is 0 Å². The zero-order valence-electron chi connectivity index (χ0n) is 13.4. The average molecular weight is 379 g/mol. The van der Waals surface area contributed by atoms with Crippen LogP contribution in [0.25, 0.3) is 0 Å². The molecule has 2 rings (SSSR count). The molecule has 0 aliphatic carbocycles. The fourth-order valence-corrected chi connectivity index (χ4v) is 2.48. The van der Waals surface area contributed by atoms with E-state index in [2.05, 4.69) is 5.32 Å². The molecule has 0 radical (unpaired) electrons. The number of rotatable bonds is 7. The number of carboxylic acids is 1. The van der Waals surface area contributed by atoms with E-state index >= 15 is 0 Å². The third kappa shape index (κ3) is 5.45. The highest BCUT2D eigenvalue weighted by atomic mass is 35.5. The van der Waals surface area contributed by atoms with Crippen LogP contribution < -0.4 is 5.32 Å². The standard InChI is InChI=1S/C17H15ClN2O6/c18-14-7-6-12(20(24)25)8-13(14)15(9-16(21)22)19-17(23)26-10-11-4-2-1-3-5-11/h1-8,15H,9-10H2,(H,19,23)(H,21,22)/t15-/m1/s1. The normalized spacial score (nSPS) is 11.4. The molecule has 2 N–H and O–H groups in total. The molecule has 9 heteroatoms. The van der Waals surface area contributed by atoms with Crippen LogP contribution in [0.5, 0.6) is 0 Å².